The predicted molar refractivity (Wildman–Crippen MR) is 58.0 cm³/mol. The maximum absolute atomic E-state index is 11.4. The Balaban J connectivity index is 3.16. The van der Waals surface area contributed by atoms with Gasteiger partial charge in [-0.25, -0.2) is 4.98 Å². The lowest BCUT2D eigenvalue weighted by Crippen LogP contribution is -2.23. The van der Waals surface area contributed by atoms with Crippen LogP contribution in [0.25, 0.3) is 0 Å². The van der Waals surface area contributed by atoms with Crippen LogP contribution in [-0.4, -0.2) is 9.55 Å². The van der Waals surface area contributed by atoms with Gasteiger partial charge in [0.25, 0.3) is 5.56 Å². The van der Waals surface area contributed by atoms with Gasteiger partial charge in [0.1, 0.15) is 11.0 Å². The molecule has 1 aromatic rings. The summed E-state index contributed by atoms with van der Waals surface area (Å²) in [4.78, 5) is 15.3. The van der Waals surface area contributed by atoms with Crippen molar-refractivity contribution in [1.29, 1.82) is 0 Å². The van der Waals surface area contributed by atoms with Gasteiger partial charge >= 0.3 is 0 Å². The molecule has 0 aliphatic rings. The normalized spacial score (nSPS) is 11.9. The van der Waals surface area contributed by atoms with Crippen molar-refractivity contribution in [2.24, 2.45) is 0 Å². The lowest BCUT2D eigenvalue weighted by molar-refractivity contribution is 0.708. The Morgan fingerprint density at radius 3 is 2.86 bits per heavy atom. The van der Waals surface area contributed by atoms with Crippen molar-refractivity contribution in [2.45, 2.75) is 13.5 Å². The molecule has 0 saturated heterocycles. The van der Waals surface area contributed by atoms with Crippen LogP contribution in [0.1, 0.15) is 5.82 Å². The standard InChI is InChI=1S/C8H7Cl3N2O/c1-5-12-7(11)2-8(14)13(5)4-6(10)3-9/h2-3H,4H2,1H3. The predicted octanol–water partition coefficient (Wildman–Crippen LogP) is 2.52. The van der Waals surface area contributed by atoms with Gasteiger partial charge < -0.3 is 0 Å². The molecule has 0 amide bonds. The van der Waals surface area contributed by atoms with Crippen LogP contribution in [0.15, 0.2) is 21.4 Å². The van der Waals surface area contributed by atoms with E-state index in [1.165, 1.54) is 16.2 Å². The molecule has 3 nitrogen and oxygen atoms in total. The minimum atomic E-state index is -0.251. The van der Waals surface area contributed by atoms with E-state index >= 15 is 0 Å². The van der Waals surface area contributed by atoms with E-state index in [-0.39, 0.29) is 17.3 Å². The Bertz CT molecular complexity index is 425. The highest BCUT2D eigenvalue weighted by Crippen LogP contribution is 2.08. The number of hydrogen-bond donors (Lipinski definition) is 0. The molecule has 6 heteroatoms. The second-order valence-corrected chi connectivity index (χ2v) is 3.70. The molecule has 1 rings (SSSR count). The van der Waals surface area contributed by atoms with E-state index in [1.807, 2.05) is 0 Å². The van der Waals surface area contributed by atoms with Gasteiger partial charge in [-0.15, -0.1) is 0 Å². The summed E-state index contributed by atoms with van der Waals surface area (Å²) in [6, 6.07) is 1.23. The molecule has 0 aliphatic heterocycles. The summed E-state index contributed by atoms with van der Waals surface area (Å²) in [5.74, 6) is 0.499. The zero-order chi connectivity index (χ0) is 10.7. The van der Waals surface area contributed by atoms with Gasteiger partial charge in [-0.05, 0) is 6.92 Å². The lowest BCUT2D eigenvalue weighted by Gasteiger charge is -2.07. The molecule has 0 unspecified atom stereocenters. The summed E-state index contributed by atoms with van der Waals surface area (Å²) in [7, 11) is 0. The molecule has 1 heterocycles. The third-order valence-electron chi connectivity index (χ3n) is 1.60. The largest absolute Gasteiger partial charge is 0.291 e. The highest BCUT2D eigenvalue weighted by Gasteiger charge is 2.04. The van der Waals surface area contributed by atoms with Crippen molar-refractivity contribution in [3.63, 3.8) is 0 Å². The van der Waals surface area contributed by atoms with E-state index in [1.54, 1.807) is 6.92 Å². The van der Waals surface area contributed by atoms with Gasteiger partial charge in [-0.1, -0.05) is 34.8 Å². The van der Waals surface area contributed by atoms with Gasteiger partial charge in [-0.2, -0.15) is 0 Å². The van der Waals surface area contributed by atoms with Crippen LogP contribution >= 0.6 is 34.8 Å². The molecule has 0 bridgehead atoms. The summed E-state index contributed by atoms with van der Waals surface area (Å²) < 4.78 is 1.38. The van der Waals surface area contributed by atoms with Crippen molar-refractivity contribution < 1.29 is 0 Å². The number of aromatic nitrogens is 2. The molecular weight excluding hydrogens is 246 g/mol. The van der Waals surface area contributed by atoms with Crippen LogP contribution < -0.4 is 5.56 Å². The molecule has 0 saturated carbocycles. The fraction of sp³-hybridized carbons (Fsp3) is 0.250. The summed E-state index contributed by atoms with van der Waals surface area (Å²) in [5, 5.41) is 0.538. The van der Waals surface area contributed by atoms with Crippen LogP contribution in [0.5, 0.6) is 0 Å². The zero-order valence-corrected chi connectivity index (χ0v) is 9.57. The second-order valence-electron chi connectivity index (χ2n) is 2.61. The molecule has 0 fully saturated rings. The monoisotopic (exact) mass is 252 g/mol. The van der Waals surface area contributed by atoms with Crippen LogP contribution in [0.4, 0.5) is 0 Å². The van der Waals surface area contributed by atoms with Crippen molar-refractivity contribution in [2.75, 3.05) is 0 Å². The minimum absolute atomic E-state index is 0.176. The van der Waals surface area contributed by atoms with E-state index in [0.29, 0.717) is 10.9 Å². The van der Waals surface area contributed by atoms with E-state index in [0.717, 1.165) is 0 Å². The minimum Gasteiger partial charge on any atom is -0.291 e. The quantitative estimate of drug-likeness (QED) is 0.759. The van der Waals surface area contributed by atoms with Crippen molar-refractivity contribution in [3.05, 3.63) is 38.0 Å². The number of allylic oxidation sites excluding steroid dienone is 1. The molecule has 14 heavy (non-hydrogen) atoms. The Labute approximate surface area is 95.9 Å². The fourth-order valence-electron chi connectivity index (χ4n) is 0.964. The average Bonchev–Trinajstić information content (AvgIpc) is 2.10. The first-order chi connectivity index (χ1) is 6.54. The molecule has 0 N–H and O–H groups in total. The third kappa shape index (κ3) is 2.74. The van der Waals surface area contributed by atoms with E-state index in [9.17, 15) is 4.79 Å². The molecule has 0 spiro atoms. The third-order valence-corrected chi connectivity index (χ3v) is 2.39. The number of hydrogen-bond acceptors (Lipinski definition) is 2. The van der Waals surface area contributed by atoms with Gasteiger partial charge in [0.2, 0.25) is 0 Å². The Kier molecular flexibility index (Phi) is 3.98. The van der Waals surface area contributed by atoms with Crippen molar-refractivity contribution in [3.8, 4) is 0 Å². The number of rotatable bonds is 2. The Morgan fingerprint density at radius 2 is 2.36 bits per heavy atom. The molecule has 0 aliphatic carbocycles. The number of halogens is 3. The fourth-order valence-corrected chi connectivity index (χ4v) is 1.37. The number of nitrogens with zero attached hydrogens (tertiary/aromatic N) is 2. The summed E-state index contributed by atoms with van der Waals surface area (Å²) in [6.45, 7) is 1.88. The molecular formula is C8H7Cl3N2O. The summed E-state index contributed by atoms with van der Waals surface area (Å²) in [6.07, 6.45) is 0. The van der Waals surface area contributed by atoms with Gasteiger partial charge in [0.15, 0.2) is 0 Å². The zero-order valence-electron chi connectivity index (χ0n) is 7.30. The summed E-state index contributed by atoms with van der Waals surface area (Å²) >= 11 is 16.7. The van der Waals surface area contributed by atoms with E-state index in [4.69, 9.17) is 34.8 Å². The highest BCUT2D eigenvalue weighted by atomic mass is 35.5. The Hall–Kier alpha value is -0.510. The first-order valence-corrected chi connectivity index (χ1v) is 4.92. The van der Waals surface area contributed by atoms with Crippen molar-refractivity contribution >= 4 is 34.8 Å². The smallest absolute Gasteiger partial charge is 0.255 e. The van der Waals surface area contributed by atoms with Gasteiger partial charge in [-0.3, -0.25) is 9.36 Å². The molecule has 1 aromatic heterocycles. The Morgan fingerprint density at radius 1 is 1.71 bits per heavy atom. The summed E-state index contributed by atoms with van der Waals surface area (Å²) in [5.41, 5.74) is 0.960. The van der Waals surface area contributed by atoms with Crippen LogP contribution in [0.3, 0.4) is 0 Å². The van der Waals surface area contributed by atoms with Crippen LogP contribution in [0, 0.1) is 6.92 Å². The average molecular weight is 254 g/mol. The van der Waals surface area contributed by atoms with E-state index in [2.05, 4.69) is 4.98 Å². The van der Waals surface area contributed by atoms with E-state index < -0.39 is 0 Å². The molecule has 76 valence electrons. The first-order valence-electron chi connectivity index (χ1n) is 3.73. The first kappa shape index (κ1) is 11.6. The molecule has 0 atom stereocenters. The van der Waals surface area contributed by atoms with Crippen LogP contribution in [-0.2, 0) is 6.54 Å². The van der Waals surface area contributed by atoms with Gasteiger partial charge in [0, 0.05) is 16.6 Å². The molecule has 0 aromatic carbocycles. The van der Waals surface area contributed by atoms with Gasteiger partial charge in [0.05, 0.1) is 6.54 Å². The SMILES string of the molecule is Cc1nc(Cl)cc(=O)n1CC(Cl)=CCl. The maximum atomic E-state index is 11.4. The molecule has 0 radical (unpaired) electrons. The maximum Gasteiger partial charge on any atom is 0.255 e. The topological polar surface area (TPSA) is 34.9 Å². The number of aryl methyl sites for hydroxylation is 1. The van der Waals surface area contributed by atoms with Crippen molar-refractivity contribution in [1.82, 2.24) is 9.55 Å². The lowest BCUT2D eigenvalue weighted by atomic mass is 10.5. The second kappa shape index (κ2) is 4.82. The highest BCUT2D eigenvalue weighted by molar-refractivity contribution is 6.36. The van der Waals surface area contributed by atoms with Crippen LogP contribution in [0.2, 0.25) is 5.15 Å².